The molecule has 3 nitrogen and oxygen atoms in total. The number of aromatic nitrogens is 1. The van der Waals surface area contributed by atoms with Gasteiger partial charge in [-0.2, -0.15) is 0 Å². The van der Waals surface area contributed by atoms with Crippen LogP contribution in [-0.2, 0) is 0 Å². The van der Waals surface area contributed by atoms with Crippen molar-refractivity contribution >= 4 is 11.9 Å². The molecule has 72 valence electrons. The number of hydrogen-bond donors (Lipinski definition) is 2. The summed E-state index contributed by atoms with van der Waals surface area (Å²) in [5.74, 6) is 1.01. The summed E-state index contributed by atoms with van der Waals surface area (Å²) in [6.07, 6.45) is 7.41. The van der Waals surface area contributed by atoms with Gasteiger partial charge in [-0.3, -0.25) is 0 Å². The van der Waals surface area contributed by atoms with Gasteiger partial charge in [-0.25, -0.2) is 4.98 Å². The first kappa shape index (κ1) is 8.00. The molecule has 1 aromatic heterocycles. The minimum absolute atomic E-state index is 0.112. The van der Waals surface area contributed by atoms with Gasteiger partial charge in [0.2, 0.25) is 0 Å². The van der Waals surface area contributed by atoms with E-state index in [-0.39, 0.29) is 5.54 Å². The fourth-order valence-electron chi connectivity index (χ4n) is 2.14. The van der Waals surface area contributed by atoms with E-state index in [1.807, 2.05) is 12.3 Å². The van der Waals surface area contributed by atoms with E-state index in [9.17, 15) is 0 Å². The maximum Gasteiger partial charge on any atom is 0.133 e. The number of nitrogens with one attached hydrogen (secondary N) is 2. The van der Waals surface area contributed by atoms with E-state index in [1.165, 1.54) is 5.56 Å². The zero-order chi connectivity index (χ0) is 9.43. The third-order valence-electron chi connectivity index (χ3n) is 2.98. The molecule has 1 aromatic rings. The monoisotopic (exact) mass is 187 g/mol. The van der Waals surface area contributed by atoms with E-state index < -0.39 is 0 Å². The normalized spacial score (nSPS) is 28.9. The number of pyridine rings is 1. The molecule has 3 rings (SSSR count). The van der Waals surface area contributed by atoms with Gasteiger partial charge in [0.1, 0.15) is 5.82 Å². The largest absolute Gasteiger partial charge is 0.359 e. The Labute approximate surface area is 83.2 Å². The first-order chi connectivity index (χ1) is 6.88. The molecule has 0 bridgehead atoms. The minimum Gasteiger partial charge on any atom is -0.359 e. The van der Waals surface area contributed by atoms with E-state index >= 15 is 0 Å². The summed E-state index contributed by atoms with van der Waals surface area (Å²) < 4.78 is 0. The SMILES string of the molecule is C1=CC2(CCNC2)Nc2ncccc21. The summed E-state index contributed by atoms with van der Waals surface area (Å²) in [6.45, 7) is 2.08. The Morgan fingerprint density at radius 1 is 1.43 bits per heavy atom. The lowest BCUT2D eigenvalue weighted by molar-refractivity contribution is 0.630. The zero-order valence-corrected chi connectivity index (χ0v) is 7.96. The Bertz CT molecular complexity index is 378. The van der Waals surface area contributed by atoms with Crippen LogP contribution >= 0.6 is 0 Å². The predicted molar refractivity (Wildman–Crippen MR) is 57.1 cm³/mol. The Morgan fingerprint density at radius 2 is 2.43 bits per heavy atom. The van der Waals surface area contributed by atoms with Crippen LogP contribution in [0.3, 0.4) is 0 Å². The van der Waals surface area contributed by atoms with Crippen molar-refractivity contribution in [1.29, 1.82) is 0 Å². The highest BCUT2D eigenvalue weighted by Gasteiger charge is 2.33. The van der Waals surface area contributed by atoms with Gasteiger partial charge in [-0.1, -0.05) is 12.2 Å². The molecular weight excluding hydrogens is 174 g/mol. The molecule has 0 aromatic carbocycles. The van der Waals surface area contributed by atoms with Crippen molar-refractivity contribution in [2.45, 2.75) is 12.0 Å². The number of hydrogen-bond acceptors (Lipinski definition) is 3. The Balaban J connectivity index is 2.00. The summed E-state index contributed by atoms with van der Waals surface area (Å²) in [4.78, 5) is 4.35. The van der Waals surface area contributed by atoms with Crippen molar-refractivity contribution < 1.29 is 0 Å². The lowest BCUT2D eigenvalue weighted by atomic mass is 9.93. The standard InChI is InChI=1S/C11H13N3/c1-2-9-3-4-11(5-7-12-8-11)14-10(9)13-6-1/h1-4,6,12H,5,7-8H2,(H,13,14). The highest BCUT2D eigenvalue weighted by molar-refractivity contribution is 5.69. The van der Waals surface area contributed by atoms with Gasteiger partial charge in [0.25, 0.3) is 0 Å². The van der Waals surface area contributed by atoms with Gasteiger partial charge in [0.05, 0.1) is 5.54 Å². The molecule has 0 saturated carbocycles. The molecule has 3 heteroatoms. The van der Waals surface area contributed by atoms with Crippen LogP contribution in [0.2, 0.25) is 0 Å². The average molecular weight is 187 g/mol. The van der Waals surface area contributed by atoms with Gasteiger partial charge in [0, 0.05) is 18.3 Å². The van der Waals surface area contributed by atoms with Crippen LogP contribution in [0.1, 0.15) is 12.0 Å². The summed E-state index contributed by atoms with van der Waals surface area (Å²) in [7, 11) is 0. The lowest BCUT2D eigenvalue weighted by Crippen LogP contribution is -2.40. The van der Waals surface area contributed by atoms with E-state index in [2.05, 4.69) is 33.8 Å². The second-order valence-corrected chi connectivity index (χ2v) is 3.98. The van der Waals surface area contributed by atoms with Crippen molar-refractivity contribution in [2.24, 2.45) is 0 Å². The van der Waals surface area contributed by atoms with Gasteiger partial charge < -0.3 is 10.6 Å². The van der Waals surface area contributed by atoms with Crippen LogP contribution in [-0.4, -0.2) is 23.6 Å². The van der Waals surface area contributed by atoms with Gasteiger partial charge >= 0.3 is 0 Å². The number of anilines is 1. The highest BCUT2D eigenvalue weighted by Crippen LogP contribution is 2.29. The van der Waals surface area contributed by atoms with Crippen LogP contribution in [0.25, 0.3) is 6.08 Å². The Morgan fingerprint density at radius 3 is 3.29 bits per heavy atom. The number of rotatable bonds is 0. The van der Waals surface area contributed by atoms with Gasteiger partial charge in [0.15, 0.2) is 0 Å². The molecule has 1 saturated heterocycles. The van der Waals surface area contributed by atoms with Crippen molar-refractivity contribution in [2.75, 3.05) is 18.4 Å². The average Bonchev–Trinajstić information content (AvgIpc) is 2.66. The van der Waals surface area contributed by atoms with E-state index in [1.54, 1.807) is 0 Å². The quantitative estimate of drug-likeness (QED) is 0.642. The number of nitrogens with zero attached hydrogens (tertiary/aromatic N) is 1. The molecule has 0 radical (unpaired) electrons. The van der Waals surface area contributed by atoms with E-state index in [0.717, 1.165) is 25.3 Å². The zero-order valence-electron chi connectivity index (χ0n) is 7.96. The minimum atomic E-state index is 0.112. The molecular formula is C11H13N3. The van der Waals surface area contributed by atoms with E-state index in [0.29, 0.717) is 0 Å². The molecule has 0 amide bonds. The van der Waals surface area contributed by atoms with Crippen LogP contribution < -0.4 is 10.6 Å². The van der Waals surface area contributed by atoms with E-state index in [4.69, 9.17) is 0 Å². The number of fused-ring (bicyclic) bond motifs is 1. The molecule has 0 aliphatic carbocycles. The van der Waals surface area contributed by atoms with Crippen molar-refractivity contribution in [3.63, 3.8) is 0 Å². The smallest absolute Gasteiger partial charge is 0.133 e. The van der Waals surface area contributed by atoms with Crippen LogP contribution in [0.4, 0.5) is 5.82 Å². The Hall–Kier alpha value is -1.35. The molecule has 2 N–H and O–H groups in total. The molecule has 1 atom stereocenters. The van der Waals surface area contributed by atoms with Crippen molar-refractivity contribution in [3.8, 4) is 0 Å². The third kappa shape index (κ3) is 1.13. The first-order valence-electron chi connectivity index (χ1n) is 5.01. The maximum atomic E-state index is 4.35. The van der Waals surface area contributed by atoms with Gasteiger partial charge in [-0.15, -0.1) is 0 Å². The predicted octanol–water partition coefficient (Wildman–Crippen LogP) is 1.25. The summed E-state index contributed by atoms with van der Waals surface area (Å²) in [5, 5.41) is 6.88. The third-order valence-corrected chi connectivity index (χ3v) is 2.98. The van der Waals surface area contributed by atoms with Crippen LogP contribution in [0.15, 0.2) is 24.4 Å². The Kier molecular flexibility index (Phi) is 1.61. The molecule has 3 heterocycles. The second-order valence-electron chi connectivity index (χ2n) is 3.98. The molecule has 1 unspecified atom stereocenters. The topological polar surface area (TPSA) is 37.0 Å². The molecule has 2 aliphatic heterocycles. The summed E-state index contributed by atoms with van der Waals surface area (Å²) in [5.41, 5.74) is 1.30. The van der Waals surface area contributed by atoms with Crippen LogP contribution in [0, 0.1) is 0 Å². The molecule has 1 fully saturated rings. The van der Waals surface area contributed by atoms with Gasteiger partial charge in [-0.05, 0) is 25.1 Å². The van der Waals surface area contributed by atoms with Crippen LogP contribution in [0.5, 0.6) is 0 Å². The highest BCUT2D eigenvalue weighted by atomic mass is 15.1. The first-order valence-corrected chi connectivity index (χ1v) is 5.01. The summed E-state index contributed by atoms with van der Waals surface area (Å²) >= 11 is 0. The fraction of sp³-hybridized carbons (Fsp3) is 0.364. The molecule has 2 aliphatic rings. The fourth-order valence-corrected chi connectivity index (χ4v) is 2.14. The molecule has 1 spiro atoms. The molecule has 14 heavy (non-hydrogen) atoms. The summed E-state index contributed by atoms with van der Waals surface area (Å²) in [6, 6.07) is 4.05. The maximum absolute atomic E-state index is 4.35. The lowest BCUT2D eigenvalue weighted by Gasteiger charge is -2.30. The van der Waals surface area contributed by atoms with Crippen molar-refractivity contribution in [1.82, 2.24) is 10.3 Å². The van der Waals surface area contributed by atoms with Crippen molar-refractivity contribution in [3.05, 3.63) is 30.0 Å². The second kappa shape index (κ2) is 2.82.